The second kappa shape index (κ2) is 3.99. The van der Waals surface area contributed by atoms with Crippen LogP contribution in [0.2, 0.25) is 10.4 Å². The molecule has 0 aliphatic carbocycles. The lowest BCUT2D eigenvalue weighted by atomic mass is 10.1. The largest absolute Gasteiger partial charge is 0.343 e. The highest BCUT2D eigenvalue weighted by atomic mass is 35.5. The molecule has 0 spiro atoms. The van der Waals surface area contributed by atoms with E-state index < -0.39 is 0 Å². The van der Waals surface area contributed by atoms with Gasteiger partial charge in [0.15, 0.2) is 0 Å². The lowest BCUT2D eigenvalue weighted by Crippen LogP contribution is -1.90. The topological polar surface area (TPSA) is 41.6 Å². The monoisotopic (exact) mass is 243 g/mol. The molecule has 0 saturated carbocycles. The predicted molar refractivity (Wildman–Crippen MR) is 62.6 cm³/mol. The molecule has 2 aromatic heterocycles. The molecule has 3 nitrogen and oxygen atoms in total. The average molecular weight is 244 g/mol. The zero-order chi connectivity index (χ0) is 11.0. The number of hydrogen-bond donors (Lipinski definition) is 1. The van der Waals surface area contributed by atoms with Crippen molar-refractivity contribution in [1.82, 2.24) is 15.0 Å². The molecule has 2 rings (SSSR count). The molecule has 0 fully saturated rings. The van der Waals surface area contributed by atoms with Gasteiger partial charge in [-0.2, -0.15) is 4.98 Å². The second-order valence-corrected chi connectivity index (χ2v) is 4.28. The first-order chi connectivity index (χ1) is 7.11. The van der Waals surface area contributed by atoms with Crippen LogP contribution in [0.3, 0.4) is 0 Å². The van der Waals surface area contributed by atoms with E-state index >= 15 is 0 Å². The normalized spacial score (nSPS) is 13.3. The van der Waals surface area contributed by atoms with E-state index in [4.69, 9.17) is 23.2 Å². The van der Waals surface area contributed by atoms with Crippen LogP contribution in [0.15, 0.2) is 6.07 Å². The molecule has 0 aromatic carbocycles. The van der Waals surface area contributed by atoms with Gasteiger partial charge in [0, 0.05) is 5.69 Å². The number of aromatic amines is 1. The van der Waals surface area contributed by atoms with Gasteiger partial charge in [-0.15, -0.1) is 0 Å². The third kappa shape index (κ3) is 1.94. The van der Waals surface area contributed by atoms with Gasteiger partial charge in [0.05, 0.1) is 5.39 Å². The number of hydrogen-bond acceptors (Lipinski definition) is 2. The van der Waals surface area contributed by atoms with Crippen LogP contribution in [-0.2, 0) is 0 Å². The average Bonchev–Trinajstić information content (AvgIpc) is 2.60. The molecule has 2 aromatic rings. The van der Waals surface area contributed by atoms with Crippen molar-refractivity contribution in [2.24, 2.45) is 0 Å². The van der Waals surface area contributed by atoms with E-state index in [1.807, 2.05) is 6.07 Å². The zero-order valence-corrected chi connectivity index (χ0v) is 10.0. The summed E-state index contributed by atoms with van der Waals surface area (Å²) < 4.78 is 0. The zero-order valence-electron chi connectivity index (χ0n) is 8.51. The fourth-order valence-corrected chi connectivity index (χ4v) is 1.89. The molecule has 0 aliphatic rings. The smallest absolute Gasteiger partial charge is 0.225 e. The lowest BCUT2D eigenvalue weighted by Gasteiger charge is -2.03. The standard InChI is InChI=1S/C10H11Cl2N3/c1-3-5(2)7-4-6-8(11)14-10(12)15-9(6)13-7/h4-5H,3H2,1-2H3,(H,13,14,15)/t5-/m1/s1. The SMILES string of the molecule is CC[C@@H](C)c1cc2c(Cl)nc(Cl)nc2[nH]1. The van der Waals surface area contributed by atoms with Crippen molar-refractivity contribution in [2.45, 2.75) is 26.2 Å². The Kier molecular flexibility index (Phi) is 2.85. The van der Waals surface area contributed by atoms with Crippen LogP contribution >= 0.6 is 23.2 Å². The van der Waals surface area contributed by atoms with Gasteiger partial charge in [-0.05, 0) is 30.0 Å². The number of fused-ring (bicyclic) bond motifs is 1. The molecule has 0 unspecified atom stereocenters. The van der Waals surface area contributed by atoms with E-state index in [1.54, 1.807) is 0 Å². The second-order valence-electron chi connectivity index (χ2n) is 3.58. The Morgan fingerprint density at radius 3 is 2.80 bits per heavy atom. The highest BCUT2D eigenvalue weighted by molar-refractivity contribution is 6.35. The number of nitrogens with one attached hydrogen (secondary N) is 1. The van der Waals surface area contributed by atoms with Gasteiger partial charge < -0.3 is 4.98 Å². The molecule has 0 radical (unpaired) electrons. The number of H-pyrrole nitrogens is 1. The van der Waals surface area contributed by atoms with Crippen LogP contribution in [0, 0.1) is 0 Å². The highest BCUT2D eigenvalue weighted by Crippen LogP contribution is 2.27. The van der Waals surface area contributed by atoms with Gasteiger partial charge in [0.25, 0.3) is 0 Å². The molecule has 0 aliphatic heterocycles. The minimum atomic E-state index is 0.171. The molecule has 0 saturated heterocycles. The summed E-state index contributed by atoms with van der Waals surface area (Å²) in [6.07, 6.45) is 1.06. The summed E-state index contributed by atoms with van der Waals surface area (Å²) in [6, 6.07) is 1.99. The van der Waals surface area contributed by atoms with E-state index in [0.717, 1.165) is 17.5 Å². The summed E-state index contributed by atoms with van der Waals surface area (Å²) in [7, 11) is 0. The first-order valence-electron chi connectivity index (χ1n) is 4.83. The van der Waals surface area contributed by atoms with Crippen LogP contribution in [0.1, 0.15) is 31.9 Å². The van der Waals surface area contributed by atoms with E-state index in [2.05, 4.69) is 28.8 Å². The van der Waals surface area contributed by atoms with Crippen molar-refractivity contribution in [3.8, 4) is 0 Å². The maximum Gasteiger partial charge on any atom is 0.225 e. The van der Waals surface area contributed by atoms with Crippen LogP contribution < -0.4 is 0 Å². The summed E-state index contributed by atoms with van der Waals surface area (Å²) in [5.74, 6) is 0.453. The number of aromatic nitrogens is 3. The highest BCUT2D eigenvalue weighted by Gasteiger charge is 2.11. The van der Waals surface area contributed by atoms with Crippen molar-refractivity contribution in [1.29, 1.82) is 0 Å². The number of rotatable bonds is 2. The molecule has 5 heteroatoms. The lowest BCUT2D eigenvalue weighted by molar-refractivity contribution is 0.715. The van der Waals surface area contributed by atoms with Gasteiger partial charge in [0.2, 0.25) is 5.28 Å². The molecule has 80 valence electrons. The quantitative estimate of drug-likeness (QED) is 0.645. The van der Waals surface area contributed by atoms with Gasteiger partial charge in [-0.1, -0.05) is 25.4 Å². The summed E-state index contributed by atoms with van der Waals surface area (Å²) in [4.78, 5) is 11.2. The van der Waals surface area contributed by atoms with Crippen molar-refractivity contribution in [3.63, 3.8) is 0 Å². The maximum absolute atomic E-state index is 5.97. The van der Waals surface area contributed by atoms with Gasteiger partial charge in [-0.25, -0.2) is 4.98 Å². The molecule has 0 amide bonds. The Hall–Kier alpha value is -0.800. The molecular formula is C10H11Cl2N3. The fraction of sp³-hybridized carbons (Fsp3) is 0.400. The minimum absolute atomic E-state index is 0.171. The van der Waals surface area contributed by atoms with Crippen molar-refractivity contribution >= 4 is 34.2 Å². The van der Waals surface area contributed by atoms with Crippen molar-refractivity contribution in [2.75, 3.05) is 0 Å². The van der Waals surface area contributed by atoms with Crippen LogP contribution in [-0.4, -0.2) is 15.0 Å². The Balaban J connectivity index is 2.60. The van der Waals surface area contributed by atoms with E-state index in [1.165, 1.54) is 0 Å². The van der Waals surface area contributed by atoms with Crippen LogP contribution in [0.4, 0.5) is 0 Å². The Morgan fingerprint density at radius 2 is 2.13 bits per heavy atom. The van der Waals surface area contributed by atoms with E-state index in [0.29, 0.717) is 16.7 Å². The van der Waals surface area contributed by atoms with E-state index in [-0.39, 0.29) is 5.28 Å². The van der Waals surface area contributed by atoms with Crippen molar-refractivity contribution in [3.05, 3.63) is 22.2 Å². The van der Waals surface area contributed by atoms with E-state index in [9.17, 15) is 0 Å². The molecule has 0 bridgehead atoms. The van der Waals surface area contributed by atoms with Crippen molar-refractivity contribution < 1.29 is 0 Å². The molecule has 1 N–H and O–H groups in total. The number of halogens is 2. The predicted octanol–water partition coefficient (Wildman–Crippen LogP) is 3.78. The fourth-order valence-electron chi connectivity index (χ4n) is 1.45. The molecule has 15 heavy (non-hydrogen) atoms. The Labute approximate surface area is 97.8 Å². The molecular weight excluding hydrogens is 233 g/mol. The first-order valence-corrected chi connectivity index (χ1v) is 5.59. The van der Waals surface area contributed by atoms with Gasteiger partial charge in [0.1, 0.15) is 10.8 Å². The summed E-state index contributed by atoms with van der Waals surface area (Å²) >= 11 is 11.7. The Bertz CT molecular complexity index is 493. The first kappa shape index (κ1) is 10.7. The van der Waals surface area contributed by atoms with Gasteiger partial charge >= 0.3 is 0 Å². The third-order valence-corrected chi connectivity index (χ3v) is 3.03. The molecule has 2 heterocycles. The van der Waals surface area contributed by atoms with Crippen LogP contribution in [0.5, 0.6) is 0 Å². The minimum Gasteiger partial charge on any atom is -0.343 e. The van der Waals surface area contributed by atoms with Gasteiger partial charge in [-0.3, -0.25) is 0 Å². The summed E-state index contributed by atoms with van der Waals surface area (Å²) in [5.41, 5.74) is 1.82. The summed E-state index contributed by atoms with van der Waals surface area (Å²) in [5, 5.41) is 1.40. The number of nitrogens with zero attached hydrogens (tertiary/aromatic N) is 2. The van der Waals surface area contributed by atoms with Crippen LogP contribution in [0.25, 0.3) is 11.0 Å². The molecule has 1 atom stereocenters. The summed E-state index contributed by atoms with van der Waals surface area (Å²) in [6.45, 7) is 4.28. The Morgan fingerprint density at radius 1 is 1.40 bits per heavy atom. The maximum atomic E-state index is 5.97. The third-order valence-electron chi connectivity index (χ3n) is 2.58.